The molecule has 0 unspecified atom stereocenters. The molecule has 0 bridgehead atoms. The Labute approximate surface area is 74.6 Å². The van der Waals surface area contributed by atoms with Crippen LogP contribution in [0.3, 0.4) is 0 Å². The summed E-state index contributed by atoms with van der Waals surface area (Å²) < 4.78 is 1.66. The zero-order valence-corrected chi connectivity index (χ0v) is 8.28. The molecule has 11 heavy (non-hydrogen) atoms. The first-order chi connectivity index (χ1) is 5.38. The predicted molar refractivity (Wildman–Crippen MR) is 47.0 cm³/mol. The van der Waals surface area contributed by atoms with Gasteiger partial charge in [0.05, 0.1) is 13.2 Å². The van der Waals surface area contributed by atoms with Gasteiger partial charge in [-0.2, -0.15) is 0 Å². The summed E-state index contributed by atoms with van der Waals surface area (Å²) >= 11 is 0. The highest BCUT2D eigenvalue weighted by atomic mass is 33.1. The van der Waals surface area contributed by atoms with Gasteiger partial charge in [0.15, 0.2) is 0 Å². The molecule has 0 spiro atoms. The molecule has 0 aromatic heterocycles. The Morgan fingerprint density at radius 1 is 1.27 bits per heavy atom. The molecule has 0 aliphatic carbocycles. The predicted octanol–water partition coefficient (Wildman–Crippen LogP) is 1.68. The van der Waals surface area contributed by atoms with Crippen molar-refractivity contribution in [2.24, 2.45) is 0 Å². The number of hydrazine groups is 1. The number of nitrogens with zero attached hydrogens (tertiary/aromatic N) is 2. The van der Waals surface area contributed by atoms with Crippen LogP contribution in [0.25, 0.3) is 0 Å². The van der Waals surface area contributed by atoms with Crippen molar-refractivity contribution >= 4 is 21.8 Å². The highest BCUT2D eigenvalue weighted by Crippen LogP contribution is 2.36. The van der Waals surface area contributed by atoms with Crippen molar-refractivity contribution in [1.29, 1.82) is 0 Å². The van der Waals surface area contributed by atoms with Crippen LogP contribution in [0.2, 0.25) is 0 Å². The van der Waals surface area contributed by atoms with E-state index in [1.165, 1.54) is 0 Å². The van der Waals surface area contributed by atoms with Crippen LogP contribution in [0.4, 0.5) is 0 Å². The second-order valence-electron chi connectivity index (χ2n) is 1.75. The summed E-state index contributed by atoms with van der Waals surface area (Å²) in [5, 5.41) is 1.71. The Morgan fingerprint density at radius 2 is 2.00 bits per heavy atom. The fraction of sp³-hybridized carbons (Fsp3) is 1.00. The molecule has 1 saturated heterocycles. The van der Waals surface area contributed by atoms with Crippen LogP contribution in [-0.4, -0.2) is 28.8 Å². The van der Waals surface area contributed by atoms with Crippen molar-refractivity contribution in [2.45, 2.75) is 13.8 Å². The first-order valence-electron chi connectivity index (χ1n) is 3.51. The molecular weight excluding hydrogens is 184 g/mol. The van der Waals surface area contributed by atoms with Gasteiger partial charge in [0.2, 0.25) is 0 Å². The van der Waals surface area contributed by atoms with Crippen molar-refractivity contribution in [3.63, 3.8) is 0 Å². The second-order valence-corrected chi connectivity index (χ2v) is 3.86. The van der Waals surface area contributed by atoms with Gasteiger partial charge in [0.1, 0.15) is 5.88 Å². The number of hydrogen-bond acceptors (Lipinski definition) is 6. The SMILES string of the molecule is CCON1CSSN1OCC. The van der Waals surface area contributed by atoms with Gasteiger partial charge in [0, 0.05) is 11.0 Å². The Bertz CT molecular complexity index is 105. The molecule has 0 saturated carbocycles. The lowest BCUT2D eigenvalue weighted by Gasteiger charge is -2.21. The van der Waals surface area contributed by atoms with Gasteiger partial charge in [-0.15, -0.1) is 0 Å². The van der Waals surface area contributed by atoms with E-state index in [2.05, 4.69) is 0 Å². The van der Waals surface area contributed by atoms with E-state index in [9.17, 15) is 0 Å². The van der Waals surface area contributed by atoms with E-state index < -0.39 is 0 Å². The van der Waals surface area contributed by atoms with Gasteiger partial charge in [-0.25, -0.2) is 0 Å². The number of rotatable bonds is 4. The van der Waals surface area contributed by atoms with Crippen LogP contribution < -0.4 is 0 Å². The molecule has 1 heterocycles. The van der Waals surface area contributed by atoms with E-state index in [-0.39, 0.29) is 0 Å². The quantitative estimate of drug-likeness (QED) is 0.501. The van der Waals surface area contributed by atoms with Gasteiger partial charge in [-0.3, -0.25) is 9.68 Å². The molecule has 0 radical (unpaired) electrons. The average molecular weight is 196 g/mol. The molecular formula is C5H12N2O2S2. The summed E-state index contributed by atoms with van der Waals surface area (Å²) in [6, 6.07) is 0. The summed E-state index contributed by atoms with van der Waals surface area (Å²) in [5.41, 5.74) is 0. The van der Waals surface area contributed by atoms with Crippen molar-refractivity contribution in [2.75, 3.05) is 19.1 Å². The van der Waals surface area contributed by atoms with E-state index in [4.69, 9.17) is 9.68 Å². The third-order valence-electron chi connectivity index (χ3n) is 0.979. The minimum atomic E-state index is 0.664. The lowest BCUT2D eigenvalue weighted by molar-refractivity contribution is -0.338. The molecule has 6 heteroatoms. The first-order valence-corrected chi connectivity index (χ1v) is 5.79. The van der Waals surface area contributed by atoms with Crippen molar-refractivity contribution in [3.8, 4) is 0 Å². The fourth-order valence-electron chi connectivity index (χ4n) is 0.628. The zero-order chi connectivity index (χ0) is 8.10. The van der Waals surface area contributed by atoms with Crippen LogP contribution >= 0.6 is 21.8 Å². The lowest BCUT2D eigenvalue weighted by atomic mass is 10.9. The Balaban J connectivity index is 2.25. The summed E-state index contributed by atoms with van der Waals surface area (Å²) in [5.74, 6) is 0.818. The van der Waals surface area contributed by atoms with E-state index in [0.29, 0.717) is 13.2 Å². The van der Waals surface area contributed by atoms with Crippen molar-refractivity contribution in [3.05, 3.63) is 0 Å². The van der Waals surface area contributed by atoms with Gasteiger partial charge in [-0.1, -0.05) is 16.0 Å². The summed E-state index contributed by atoms with van der Waals surface area (Å²) in [6.07, 6.45) is 0. The third kappa shape index (κ3) is 2.81. The van der Waals surface area contributed by atoms with Gasteiger partial charge >= 0.3 is 0 Å². The third-order valence-corrected chi connectivity index (χ3v) is 2.84. The maximum Gasteiger partial charge on any atom is 0.101 e. The lowest BCUT2D eigenvalue weighted by Crippen LogP contribution is -2.33. The van der Waals surface area contributed by atoms with Crippen LogP contribution in [0.5, 0.6) is 0 Å². The summed E-state index contributed by atoms with van der Waals surface area (Å²) in [6.45, 7) is 5.24. The van der Waals surface area contributed by atoms with E-state index in [1.807, 2.05) is 13.8 Å². The molecule has 1 fully saturated rings. The van der Waals surface area contributed by atoms with Crippen LogP contribution in [-0.2, 0) is 9.68 Å². The number of hydroxylamine groups is 1. The van der Waals surface area contributed by atoms with Gasteiger partial charge < -0.3 is 0 Å². The standard InChI is InChI=1S/C5H12N2O2S2/c1-3-8-6-5-10-11-7(6)9-4-2/h3-5H2,1-2H3. The number of hydrogen-bond donors (Lipinski definition) is 0. The van der Waals surface area contributed by atoms with Crippen molar-refractivity contribution < 1.29 is 9.68 Å². The minimum Gasteiger partial charge on any atom is -0.281 e. The van der Waals surface area contributed by atoms with Crippen molar-refractivity contribution in [1.82, 2.24) is 9.75 Å². The molecule has 66 valence electrons. The van der Waals surface area contributed by atoms with Crippen LogP contribution in [0.15, 0.2) is 0 Å². The molecule has 0 aromatic carbocycles. The highest BCUT2D eigenvalue weighted by molar-refractivity contribution is 8.76. The van der Waals surface area contributed by atoms with Crippen LogP contribution in [0.1, 0.15) is 13.8 Å². The van der Waals surface area contributed by atoms with E-state index in [0.717, 1.165) is 5.88 Å². The monoisotopic (exact) mass is 196 g/mol. The molecule has 0 N–H and O–H groups in total. The maximum atomic E-state index is 5.26. The average Bonchev–Trinajstić information content (AvgIpc) is 2.39. The molecule has 0 amide bonds. The molecule has 4 nitrogen and oxygen atoms in total. The first kappa shape index (κ1) is 9.63. The minimum absolute atomic E-state index is 0.664. The van der Waals surface area contributed by atoms with E-state index >= 15 is 0 Å². The Kier molecular flexibility index (Phi) is 4.58. The smallest absolute Gasteiger partial charge is 0.101 e. The molecule has 1 rings (SSSR count). The molecule has 1 aliphatic heterocycles. The molecule has 0 aromatic rings. The fourth-order valence-corrected chi connectivity index (χ4v) is 2.47. The van der Waals surface area contributed by atoms with E-state index in [1.54, 1.807) is 31.5 Å². The zero-order valence-electron chi connectivity index (χ0n) is 6.65. The van der Waals surface area contributed by atoms with Gasteiger partial charge in [-0.05, 0) is 18.4 Å². The van der Waals surface area contributed by atoms with Crippen LogP contribution in [0, 0.1) is 0 Å². The normalized spacial score (nSPS) is 21.3. The highest BCUT2D eigenvalue weighted by Gasteiger charge is 2.24. The Hall–Kier alpha value is 0.540. The Morgan fingerprint density at radius 3 is 2.64 bits per heavy atom. The molecule has 0 atom stereocenters. The summed E-state index contributed by atoms with van der Waals surface area (Å²) in [7, 11) is 3.23. The molecule has 1 aliphatic rings. The second kappa shape index (κ2) is 5.23. The maximum absolute atomic E-state index is 5.26. The summed E-state index contributed by atoms with van der Waals surface area (Å²) in [4.78, 5) is 10.5. The van der Waals surface area contributed by atoms with Gasteiger partial charge in [0.25, 0.3) is 0 Å². The largest absolute Gasteiger partial charge is 0.281 e. The topological polar surface area (TPSA) is 24.9 Å².